The molecule has 1 unspecified atom stereocenters. The predicted molar refractivity (Wildman–Crippen MR) is 137 cm³/mol. The zero-order valence-electron chi connectivity index (χ0n) is 18.3. The van der Waals surface area contributed by atoms with Gasteiger partial charge in [-0.1, -0.05) is 23.2 Å². The Balaban J connectivity index is 1.71. The number of carbonyl (C=O) groups is 1. The standard InChI is InChI=1S/C22H22Cl2N6O4S/c23-15-10-16(24)12-18(11-15)35(33,34)30(13-21(31)32)17-1-2-19-14(9-17)4-8-29(19)22-27-6-3-20(28-22)26-7-5-25/h1-4,6,8-11,18H,5,7,12-13,25H2,(H,31,32)(H,26,27,28). The molecule has 4 N–H and O–H groups in total. The maximum Gasteiger partial charge on any atom is 0.324 e. The van der Waals surface area contributed by atoms with Crippen molar-refractivity contribution in [3.05, 3.63) is 64.9 Å². The summed E-state index contributed by atoms with van der Waals surface area (Å²) in [6.07, 6.45) is 6.19. The zero-order valence-corrected chi connectivity index (χ0v) is 20.6. The largest absolute Gasteiger partial charge is 0.480 e. The summed E-state index contributed by atoms with van der Waals surface area (Å²) in [6.45, 7) is 0.258. The number of fused-ring (bicyclic) bond motifs is 1. The van der Waals surface area contributed by atoms with Gasteiger partial charge in [0.15, 0.2) is 0 Å². The van der Waals surface area contributed by atoms with Crippen LogP contribution in [0.15, 0.2) is 64.9 Å². The molecule has 4 rings (SSSR count). The number of hydrogen-bond acceptors (Lipinski definition) is 7. The minimum atomic E-state index is -4.15. The number of nitrogens with one attached hydrogen (secondary N) is 1. The number of rotatable bonds is 9. The molecule has 0 aliphatic heterocycles. The molecule has 35 heavy (non-hydrogen) atoms. The van der Waals surface area contributed by atoms with Gasteiger partial charge in [0.05, 0.1) is 11.2 Å². The number of anilines is 2. The Bertz CT molecular complexity index is 1440. The van der Waals surface area contributed by atoms with Crippen molar-refractivity contribution >= 4 is 61.6 Å². The van der Waals surface area contributed by atoms with E-state index in [1.54, 1.807) is 47.3 Å². The lowest BCUT2D eigenvalue weighted by atomic mass is 10.2. The van der Waals surface area contributed by atoms with Crippen molar-refractivity contribution in [3.63, 3.8) is 0 Å². The number of aromatic nitrogens is 3. The number of benzene rings is 1. The summed E-state index contributed by atoms with van der Waals surface area (Å²) in [5.74, 6) is -0.272. The minimum absolute atomic E-state index is 0.000715. The van der Waals surface area contributed by atoms with E-state index in [1.807, 2.05) is 0 Å². The lowest BCUT2D eigenvalue weighted by Crippen LogP contribution is -2.41. The Morgan fingerprint density at radius 1 is 1.29 bits per heavy atom. The molecule has 0 fully saturated rings. The van der Waals surface area contributed by atoms with Gasteiger partial charge >= 0.3 is 5.97 Å². The zero-order chi connectivity index (χ0) is 25.2. The number of nitrogens with two attached hydrogens (primary N) is 1. The number of aliphatic carboxylic acids is 1. The van der Waals surface area contributed by atoms with Crippen molar-refractivity contribution in [2.45, 2.75) is 11.7 Å². The van der Waals surface area contributed by atoms with E-state index in [1.165, 1.54) is 12.2 Å². The number of allylic oxidation sites excluding steroid dienone is 3. The van der Waals surface area contributed by atoms with Gasteiger partial charge in [0.25, 0.3) is 0 Å². The highest BCUT2D eigenvalue weighted by atomic mass is 35.5. The number of carboxylic acids is 1. The Morgan fingerprint density at radius 2 is 2.09 bits per heavy atom. The molecule has 0 saturated heterocycles. The van der Waals surface area contributed by atoms with Gasteiger partial charge in [-0.15, -0.1) is 0 Å². The average Bonchev–Trinajstić information content (AvgIpc) is 3.24. The first-order valence-corrected chi connectivity index (χ1v) is 12.8. The third-order valence-electron chi connectivity index (χ3n) is 5.28. The topological polar surface area (TPSA) is 143 Å². The molecule has 2 aromatic heterocycles. The lowest BCUT2D eigenvalue weighted by Gasteiger charge is -2.28. The molecule has 1 atom stereocenters. The predicted octanol–water partition coefficient (Wildman–Crippen LogP) is 3.03. The maximum absolute atomic E-state index is 13.4. The highest BCUT2D eigenvalue weighted by molar-refractivity contribution is 7.93. The van der Waals surface area contributed by atoms with E-state index in [0.717, 1.165) is 4.31 Å². The Hall–Kier alpha value is -3.12. The van der Waals surface area contributed by atoms with Gasteiger partial charge in [-0.05, 0) is 42.5 Å². The van der Waals surface area contributed by atoms with Crippen molar-refractivity contribution in [1.29, 1.82) is 0 Å². The van der Waals surface area contributed by atoms with Crippen molar-refractivity contribution in [3.8, 4) is 5.95 Å². The molecular weight excluding hydrogens is 515 g/mol. The molecule has 0 saturated carbocycles. The van der Waals surface area contributed by atoms with Crippen LogP contribution in [0, 0.1) is 0 Å². The van der Waals surface area contributed by atoms with E-state index < -0.39 is 27.8 Å². The fourth-order valence-corrected chi connectivity index (χ4v) is 6.24. The second-order valence-corrected chi connectivity index (χ2v) is 10.7. The molecular formula is C22H22Cl2N6O4S. The van der Waals surface area contributed by atoms with E-state index >= 15 is 0 Å². The quantitative estimate of drug-likeness (QED) is 0.378. The number of halogens is 2. The van der Waals surface area contributed by atoms with Crippen molar-refractivity contribution in [2.75, 3.05) is 29.3 Å². The van der Waals surface area contributed by atoms with Gasteiger partial charge in [0, 0.05) is 47.4 Å². The summed E-state index contributed by atoms with van der Waals surface area (Å²) >= 11 is 12.1. The average molecular weight is 537 g/mol. The number of hydrogen-bond donors (Lipinski definition) is 3. The van der Waals surface area contributed by atoms with Crippen molar-refractivity contribution in [1.82, 2.24) is 14.5 Å². The summed E-state index contributed by atoms with van der Waals surface area (Å²) in [4.78, 5) is 20.4. The number of carboxylic acid groups (broad SMARTS) is 1. The van der Waals surface area contributed by atoms with Crippen LogP contribution >= 0.6 is 23.2 Å². The molecule has 3 aromatic rings. The molecule has 184 valence electrons. The number of sulfonamides is 1. The maximum atomic E-state index is 13.4. The molecule has 0 spiro atoms. The molecule has 1 aliphatic carbocycles. The van der Waals surface area contributed by atoms with E-state index in [9.17, 15) is 18.3 Å². The van der Waals surface area contributed by atoms with Gasteiger partial charge in [-0.3, -0.25) is 13.7 Å². The normalized spacial score (nSPS) is 16.0. The Kier molecular flexibility index (Phi) is 7.31. The van der Waals surface area contributed by atoms with Crippen LogP contribution in [0.5, 0.6) is 0 Å². The van der Waals surface area contributed by atoms with E-state index in [0.29, 0.717) is 35.8 Å². The van der Waals surface area contributed by atoms with Gasteiger partial charge in [0.1, 0.15) is 17.6 Å². The van der Waals surface area contributed by atoms with Crippen LogP contribution in [0.1, 0.15) is 6.42 Å². The molecule has 0 radical (unpaired) electrons. The molecule has 2 heterocycles. The smallest absolute Gasteiger partial charge is 0.324 e. The van der Waals surface area contributed by atoms with Crippen LogP contribution in [0.25, 0.3) is 16.9 Å². The summed E-state index contributed by atoms with van der Waals surface area (Å²) in [5.41, 5.74) is 6.44. The fourth-order valence-electron chi connectivity index (χ4n) is 3.71. The van der Waals surface area contributed by atoms with Gasteiger partial charge in [-0.2, -0.15) is 4.98 Å². The number of nitrogens with zero attached hydrogens (tertiary/aromatic N) is 4. The van der Waals surface area contributed by atoms with Crippen LogP contribution in [-0.4, -0.2) is 58.9 Å². The summed E-state index contributed by atoms with van der Waals surface area (Å²) in [5, 5.41) is 12.6. The minimum Gasteiger partial charge on any atom is -0.480 e. The van der Waals surface area contributed by atoms with E-state index in [2.05, 4.69) is 15.3 Å². The van der Waals surface area contributed by atoms with E-state index in [-0.39, 0.29) is 22.2 Å². The first kappa shape index (κ1) is 25.0. The molecule has 1 aliphatic rings. The monoisotopic (exact) mass is 536 g/mol. The van der Waals surface area contributed by atoms with Crippen LogP contribution in [-0.2, 0) is 14.8 Å². The van der Waals surface area contributed by atoms with Gasteiger partial charge in [0.2, 0.25) is 16.0 Å². The Morgan fingerprint density at radius 3 is 2.80 bits per heavy atom. The second-order valence-electron chi connectivity index (χ2n) is 7.72. The van der Waals surface area contributed by atoms with Crippen LogP contribution in [0.4, 0.5) is 11.5 Å². The first-order valence-electron chi connectivity index (χ1n) is 10.5. The lowest BCUT2D eigenvalue weighted by molar-refractivity contribution is -0.135. The van der Waals surface area contributed by atoms with E-state index in [4.69, 9.17) is 28.9 Å². The van der Waals surface area contributed by atoms with Crippen molar-refractivity contribution < 1.29 is 18.3 Å². The highest BCUT2D eigenvalue weighted by Gasteiger charge is 2.34. The highest BCUT2D eigenvalue weighted by Crippen LogP contribution is 2.32. The van der Waals surface area contributed by atoms with Gasteiger partial charge in [-0.25, -0.2) is 13.4 Å². The summed E-state index contributed by atoms with van der Waals surface area (Å²) in [7, 11) is -4.15. The third-order valence-corrected chi connectivity index (χ3v) is 7.80. The SMILES string of the molecule is NCCNc1ccnc(-n2ccc3cc(N(CC(=O)O)S(=O)(=O)C4C=C(Cl)C=C(Cl)C4)ccc32)n1. The van der Waals surface area contributed by atoms with Crippen LogP contribution < -0.4 is 15.4 Å². The first-order chi connectivity index (χ1) is 16.7. The molecule has 0 bridgehead atoms. The summed E-state index contributed by atoms with van der Waals surface area (Å²) in [6, 6.07) is 8.33. The van der Waals surface area contributed by atoms with Gasteiger partial charge < -0.3 is 16.2 Å². The fraction of sp³-hybridized carbons (Fsp3) is 0.227. The van der Waals surface area contributed by atoms with Crippen molar-refractivity contribution in [2.24, 2.45) is 5.73 Å². The molecule has 1 aromatic carbocycles. The molecule has 10 nitrogen and oxygen atoms in total. The van der Waals surface area contributed by atoms with Crippen LogP contribution in [0.3, 0.4) is 0 Å². The molecule has 13 heteroatoms. The summed E-state index contributed by atoms with van der Waals surface area (Å²) < 4.78 is 29.5. The third kappa shape index (κ3) is 5.43. The van der Waals surface area contributed by atoms with Crippen LogP contribution in [0.2, 0.25) is 0 Å². The second kappa shape index (κ2) is 10.2. The Labute approximate surface area is 211 Å². The molecule has 0 amide bonds.